The lowest BCUT2D eigenvalue weighted by Gasteiger charge is -2.23. The second kappa shape index (κ2) is 7.96. The number of para-hydroxylation sites is 1. The number of aromatic nitrogens is 1. The van der Waals surface area contributed by atoms with Crippen molar-refractivity contribution in [1.82, 2.24) is 4.98 Å². The highest BCUT2D eigenvalue weighted by atomic mass is 19.1. The highest BCUT2D eigenvalue weighted by Crippen LogP contribution is 2.41. The van der Waals surface area contributed by atoms with E-state index in [-0.39, 0.29) is 11.7 Å². The Hall–Kier alpha value is -3.24. The first-order chi connectivity index (χ1) is 16.1. The molecule has 6 rings (SSSR count). The molecule has 1 saturated heterocycles. The maximum atomic E-state index is 15.0. The van der Waals surface area contributed by atoms with Crippen LogP contribution in [0.1, 0.15) is 49.8 Å². The molecule has 1 fully saturated rings. The fourth-order valence-corrected chi connectivity index (χ4v) is 5.03. The average Bonchev–Trinajstić information content (AvgIpc) is 3.22. The first-order valence-electron chi connectivity index (χ1n) is 11.7. The van der Waals surface area contributed by atoms with Gasteiger partial charge in [-0.3, -0.25) is 4.98 Å². The Morgan fingerprint density at radius 1 is 0.879 bits per heavy atom. The Morgan fingerprint density at radius 2 is 1.67 bits per heavy atom. The number of nitrogens with zero attached hydrogens (tertiary/aromatic N) is 1. The quantitative estimate of drug-likeness (QED) is 0.286. The normalized spacial score (nSPS) is 15.3. The lowest BCUT2D eigenvalue weighted by atomic mass is 9.91. The van der Waals surface area contributed by atoms with Gasteiger partial charge in [-0.2, -0.15) is 0 Å². The van der Waals surface area contributed by atoms with Crippen molar-refractivity contribution in [3.8, 4) is 11.3 Å². The van der Waals surface area contributed by atoms with Gasteiger partial charge in [-0.1, -0.05) is 44.2 Å². The van der Waals surface area contributed by atoms with Gasteiger partial charge in [0.15, 0.2) is 0 Å². The molecule has 0 atom stereocenters. The van der Waals surface area contributed by atoms with E-state index in [0.29, 0.717) is 24.5 Å². The minimum Gasteiger partial charge on any atom is -0.455 e. The fourth-order valence-electron chi connectivity index (χ4n) is 5.03. The first kappa shape index (κ1) is 20.4. The lowest BCUT2D eigenvalue weighted by molar-refractivity contribution is 0.0845. The zero-order chi connectivity index (χ0) is 22.5. The number of hydrogen-bond acceptors (Lipinski definition) is 3. The molecule has 2 aromatic heterocycles. The minimum atomic E-state index is -0.217. The van der Waals surface area contributed by atoms with Gasteiger partial charge in [-0.25, -0.2) is 4.39 Å². The van der Waals surface area contributed by atoms with Crippen molar-refractivity contribution < 1.29 is 13.5 Å². The molecular weight excluding hydrogens is 413 g/mol. The molecule has 0 radical (unpaired) electrons. The highest BCUT2D eigenvalue weighted by molar-refractivity contribution is 6.12. The van der Waals surface area contributed by atoms with Crippen LogP contribution in [-0.2, 0) is 4.74 Å². The largest absolute Gasteiger partial charge is 0.455 e. The van der Waals surface area contributed by atoms with E-state index < -0.39 is 0 Å². The van der Waals surface area contributed by atoms with E-state index in [9.17, 15) is 0 Å². The number of fused-ring (bicyclic) bond motifs is 4. The van der Waals surface area contributed by atoms with Crippen molar-refractivity contribution in [1.29, 1.82) is 0 Å². The molecule has 1 aliphatic rings. The van der Waals surface area contributed by atoms with Crippen molar-refractivity contribution in [3.05, 3.63) is 77.7 Å². The number of pyridine rings is 1. The number of ether oxygens (including phenoxy) is 1. The van der Waals surface area contributed by atoms with E-state index in [1.807, 2.05) is 30.3 Å². The van der Waals surface area contributed by atoms with Crippen molar-refractivity contribution in [2.75, 3.05) is 13.2 Å². The van der Waals surface area contributed by atoms with Gasteiger partial charge in [0.2, 0.25) is 0 Å². The summed E-state index contributed by atoms with van der Waals surface area (Å²) in [6.07, 6.45) is 1.80. The van der Waals surface area contributed by atoms with Crippen LogP contribution < -0.4 is 0 Å². The summed E-state index contributed by atoms with van der Waals surface area (Å²) in [5.41, 5.74) is 5.53. The number of hydrogen-bond donors (Lipinski definition) is 0. The second-order valence-electron chi connectivity index (χ2n) is 9.32. The third-order valence-corrected chi connectivity index (χ3v) is 6.90. The number of benzene rings is 3. The van der Waals surface area contributed by atoms with Crippen molar-refractivity contribution >= 4 is 32.7 Å². The van der Waals surface area contributed by atoms with E-state index >= 15 is 4.39 Å². The standard InChI is InChI=1S/C29H26FNO2/c1-17(2)19-14-23-20-6-3-4-9-27(20)33-29(23)24(15-19)28-21-7-5-8-25(30)22(21)16-26(31-28)18-10-12-32-13-11-18/h3-9,14-18H,10-13H2,1-2H3. The predicted molar refractivity (Wildman–Crippen MR) is 131 cm³/mol. The third kappa shape index (κ3) is 3.41. The molecule has 0 saturated carbocycles. The summed E-state index contributed by atoms with van der Waals surface area (Å²) >= 11 is 0. The van der Waals surface area contributed by atoms with Gasteiger partial charge in [0, 0.05) is 51.9 Å². The Kier molecular flexibility index (Phi) is 4.92. The Morgan fingerprint density at radius 3 is 2.48 bits per heavy atom. The molecule has 0 N–H and O–H groups in total. The van der Waals surface area contributed by atoms with Gasteiger partial charge in [-0.05, 0) is 54.7 Å². The van der Waals surface area contributed by atoms with Gasteiger partial charge in [-0.15, -0.1) is 0 Å². The monoisotopic (exact) mass is 439 g/mol. The Balaban J connectivity index is 1.70. The molecule has 0 unspecified atom stereocenters. The van der Waals surface area contributed by atoms with Crippen LogP contribution in [0.5, 0.6) is 0 Å². The summed E-state index contributed by atoms with van der Waals surface area (Å²) in [5, 5.41) is 3.60. The predicted octanol–water partition coefficient (Wildman–Crippen LogP) is 7.96. The molecule has 0 spiro atoms. The molecule has 0 amide bonds. The summed E-state index contributed by atoms with van der Waals surface area (Å²) in [6, 6.07) is 19.7. The van der Waals surface area contributed by atoms with Crippen molar-refractivity contribution in [2.24, 2.45) is 0 Å². The SMILES string of the molecule is CC(C)c1cc(-c2nc(C3CCOCC3)cc3c(F)cccc23)c2oc3ccccc3c2c1. The van der Waals surface area contributed by atoms with E-state index in [4.69, 9.17) is 14.1 Å². The van der Waals surface area contributed by atoms with E-state index in [0.717, 1.165) is 57.1 Å². The molecule has 3 aromatic carbocycles. The van der Waals surface area contributed by atoms with Crippen LogP contribution in [0.4, 0.5) is 4.39 Å². The Labute approximate surface area is 192 Å². The Bertz CT molecular complexity index is 1490. The van der Waals surface area contributed by atoms with Crippen molar-refractivity contribution in [3.63, 3.8) is 0 Å². The smallest absolute Gasteiger partial charge is 0.144 e. The first-order valence-corrected chi connectivity index (χ1v) is 11.7. The maximum absolute atomic E-state index is 15.0. The molecule has 3 nitrogen and oxygen atoms in total. The molecule has 1 aliphatic heterocycles. The van der Waals surface area contributed by atoms with Gasteiger partial charge in [0.1, 0.15) is 17.0 Å². The van der Waals surface area contributed by atoms with Crippen LogP contribution in [0.25, 0.3) is 44.0 Å². The summed E-state index contributed by atoms with van der Waals surface area (Å²) in [6.45, 7) is 5.81. The van der Waals surface area contributed by atoms with Gasteiger partial charge < -0.3 is 9.15 Å². The van der Waals surface area contributed by atoms with Gasteiger partial charge in [0.25, 0.3) is 0 Å². The zero-order valence-electron chi connectivity index (χ0n) is 18.9. The van der Waals surface area contributed by atoms with Crippen LogP contribution in [0.15, 0.2) is 65.1 Å². The van der Waals surface area contributed by atoms with Crippen LogP contribution in [0.2, 0.25) is 0 Å². The highest BCUT2D eigenvalue weighted by Gasteiger charge is 2.23. The topological polar surface area (TPSA) is 35.3 Å². The number of furan rings is 1. The molecule has 5 aromatic rings. The third-order valence-electron chi connectivity index (χ3n) is 6.90. The van der Waals surface area contributed by atoms with Crippen LogP contribution in [0.3, 0.4) is 0 Å². The summed E-state index contributed by atoms with van der Waals surface area (Å²) in [7, 11) is 0. The zero-order valence-corrected chi connectivity index (χ0v) is 18.9. The lowest BCUT2D eigenvalue weighted by Crippen LogP contribution is -2.15. The number of halogens is 1. The summed E-state index contributed by atoms with van der Waals surface area (Å²) in [5.74, 6) is 0.384. The van der Waals surface area contributed by atoms with Crippen molar-refractivity contribution in [2.45, 2.75) is 38.5 Å². The van der Waals surface area contributed by atoms with Crippen LogP contribution >= 0.6 is 0 Å². The molecule has 33 heavy (non-hydrogen) atoms. The van der Waals surface area contributed by atoms with E-state index in [1.165, 1.54) is 11.6 Å². The summed E-state index contributed by atoms with van der Waals surface area (Å²) < 4.78 is 27.0. The minimum absolute atomic E-state index is 0.217. The van der Waals surface area contributed by atoms with Gasteiger partial charge in [0.05, 0.1) is 5.69 Å². The van der Waals surface area contributed by atoms with E-state index in [1.54, 1.807) is 6.07 Å². The summed E-state index contributed by atoms with van der Waals surface area (Å²) in [4.78, 5) is 5.17. The molecule has 0 aliphatic carbocycles. The molecule has 3 heterocycles. The van der Waals surface area contributed by atoms with Crippen LogP contribution in [-0.4, -0.2) is 18.2 Å². The fraction of sp³-hybridized carbons (Fsp3) is 0.276. The second-order valence-corrected chi connectivity index (χ2v) is 9.32. The van der Waals surface area contributed by atoms with Crippen LogP contribution in [0, 0.1) is 5.82 Å². The molecular formula is C29H26FNO2. The molecule has 0 bridgehead atoms. The maximum Gasteiger partial charge on any atom is 0.144 e. The molecule has 4 heteroatoms. The molecule has 166 valence electrons. The van der Waals surface area contributed by atoms with Gasteiger partial charge >= 0.3 is 0 Å². The number of rotatable bonds is 3. The average molecular weight is 440 g/mol. The van der Waals surface area contributed by atoms with E-state index in [2.05, 4.69) is 32.0 Å².